The monoisotopic (exact) mass is 375 g/mol. The van der Waals surface area contributed by atoms with Gasteiger partial charge in [0.25, 0.3) is 0 Å². The van der Waals surface area contributed by atoms with Gasteiger partial charge in [0.05, 0.1) is 4.90 Å². The summed E-state index contributed by atoms with van der Waals surface area (Å²) in [6, 6.07) is 14.4. The van der Waals surface area contributed by atoms with Crippen LogP contribution in [0, 0.1) is 6.92 Å². The van der Waals surface area contributed by atoms with E-state index in [1.165, 1.54) is 6.92 Å². The van der Waals surface area contributed by atoms with Gasteiger partial charge in [-0.05, 0) is 42.8 Å². The average Bonchev–Trinajstić information content (AvgIpc) is 2.58. The molecule has 0 radical (unpaired) electrons. The molecule has 0 saturated carbocycles. The zero-order valence-electron chi connectivity index (χ0n) is 15.6. The van der Waals surface area contributed by atoms with Crippen LogP contribution >= 0.6 is 0 Å². The van der Waals surface area contributed by atoms with Crippen molar-refractivity contribution >= 4 is 27.3 Å². The lowest BCUT2D eigenvalue weighted by atomic mass is 10.2. The Morgan fingerprint density at radius 2 is 1.58 bits per heavy atom. The second-order valence-electron chi connectivity index (χ2n) is 6.24. The molecule has 6 nitrogen and oxygen atoms in total. The Morgan fingerprint density at radius 1 is 1.00 bits per heavy atom. The van der Waals surface area contributed by atoms with Crippen LogP contribution in [0.4, 0.5) is 11.4 Å². The SMILES string of the molecule is CC(=O)N(CCNS(=O)(=O)c1ccccc1C)c1ccc(N(C)C)cc1. The molecule has 7 heteroatoms. The number of aryl methyl sites for hydroxylation is 1. The highest BCUT2D eigenvalue weighted by Gasteiger charge is 2.17. The van der Waals surface area contributed by atoms with Gasteiger partial charge in [-0.1, -0.05) is 18.2 Å². The predicted molar refractivity (Wildman–Crippen MR) is 105 cm³/mol. The van der Waals surface area contributed by atoms with Gasteiger partial charge in [-0.25, -0.2) is 13.1 Å². The molecule has 1 amide bonds. The van der Waals surface area contributed by atoms with Gasteiger partial charge in [0.1, 0.15) is 0 Å². The van der Waals surface area contributed by atoms with E-state index < -0.39 is 10.0 Å². The van der Waals surface area contributed by atoms with Crippen LogP contribution in [0.1, 0.15) is 12.5 Å². The molecular weight excluding hydrogens is 350 g/mol. The van der Waals surface area contributed by atoms with Crippen molar-refractivity contribution in [2.24, 2.45) is 0 Å². The fraction of sp³-hybridized carbons (Fsp3) is 0.316. The number of amides is 1. The van der Waals surface area contributed by atoms with E-state index in [-0.39, 0.29) is 23.9 Å². The maximum absolute atomic E-state index is 12.4. The van der Waals surface area contributed by atoms with Gasteiger partial charge in [-0.3, -0.25) is 4.79 Å². The van der Waals surface area contributed by atoms with Gasteiger partial charge < -0.3 is 9.80 Å². The average molecular weight is 375 g/mol. The van der Waals surface area contributed by atoms with Gasteiger partial charge >= 0.3 is 0 Å². The molecule has 0 aliphatic heterocycles. The molecule has 0 bridgehead atoms. The van der Waals surface area contributed by atoms with Crippen LogP contribution in [-0.2, 0) is 14.8 Å². The van der Waals surface area contributed by atoms with Gasteiger partial charge in [0.2, 0.25) is 15.9 Å². The van der Waals surface area contributed by atoms with E-state index in [1.807, 2.05) is 43.3 Å². The number of anilines is 2. The quantitative estimate of drug-likeness (QED) is 0.807. The van der Waals surface area contributed by atoms with Gasteiger partial charge in [-0.15, -0.1) is 0 Å². The molecule has 2 rings (SSSR count). The number of sulfonamides is 1. The minimum atomic E-state index is -3.61. The third-order valence-electron chi connectivity index (χ3n) is 4.07. The molecule has 0 heterocycles. The Bertz CT molecular complexity index is 862. The topological polar surface area (TPSA) is 69.7 Å². The summed E-state index contributed by atoms with van der Waals surface area (Å²) in [5.74, 6) is -0.141. The molecule has 0 unspecified atom stereocenters. The van der Waals surface area contributed by atoms with E-state index in [2.05, 4.69) is 4.72 Å². The van der Waals surface area contributed by atoms with Crippen molar-refractivity contribution in [1.29, 1.82) is 0 Å². The van der Waals surface area contributed by atoms with Crippen LogP contribution in [0.5, 0.6) is 0 Å². The number of hydrogen-bond acceptors (Lipinski definition) is 4. The first kappa shape index (κ1) is 19.9. The van der Waals surface area contributed by atoms with Crippen LogP contribution in [0.15, 0.2) is 53.4 Å². The summed E-state index contributed by atoms with van der Waals surface area (Å²) >= 11 is 0. The molecule has 0 aromatic heterocycles. The molecule has 140 valence electrons. The van der Waals surface area contributed by atoms with Crippen molar-refractivity contribution in [2.75, 3.05) is 37.0 Å². The summed E-state index contributed by atoms with van der Waals surface area (Å²) in [7, 11) is 0.278. The van der Waals surface area contributed by atoms with Crippen molar-refractivity contribution in [3.05, 3.63) is 54.1 Å². The zero-order valence-corrected chi connectivity index (χ0v) is 16.4. The number of benzene rings is 2. The van der Waals surface area contributed by atoms with Crippen molar-refractivity contribution in [3.8, 4) is 0 Å². The van der Waals surface area contributed by atoms with E-state index in [0.717, 1.165) is 11.4 Å². The van der Waals surface area contributed by atoms with Gasteiger partial charge in [0, 0.05) is 45.5 Å². The summed E-state index contributed by atoms with van der Waals surface area (Å²) in [6.07, 6.45) is 0. The molecule has 2 aromatic rings. The normalized spacial score (nSPS) is 11.2. The second kappa shape index (κ2) is 8.33. The summed E-state index contributed by atoms with van der Waals surface area (Å²) in [5, 5.41) is 0. The van der Waals surface area contributed by atoms with E-state index in [9.17, 15) is 13.2 Å². The van der Waals surface area contributed by atoms with Crippen molar-refractivity contribution < 1.29 is 13.2 Å². The lowest BCUT2D eigenvalue weighted by Crippen LogP contribution is -2.37. The number of nitrogens with one attached hydrogen (secondary N) is 1. The molecule has 1 N–H and O–H groups in total. The smallest absolute Gasteiger partial charge is 0.240 e. The minimum Gasteiger partial charge on any atom is -0.378 e. The van der Waals surface area contributed by atoms with Crippen LogP contribution in [0.2, 0.25) is 0 Å². The van der Waals surface area contributed by atoms with Crippen LogP contribution in [0.3, 0.4) is 0 Å². The lowest BCUT2D eigenvalue weighted by molar-refractivity contribution is -0.116. The molecule has 0 aliphatic rings. The minimum absolute atomic E-state index is 0.131. The Kier molecular flexibility index (Phi) is 6.39. The Hall–Kier alpha value is -2.38. The van der Waals surface area contributed by atoms with Gasteiger partial charge in [-0.2, -0.15) is 0 Å². The van der Waals surface area contributed by atoms with Crippen LogP contribution in [-0.4, -0.2) is 41.5 Å². The Labute approximate surface area is 155 Å². The fourth-order valence-electron chi connectivity index (χ4n) is 2.63. The van der Waals surface area contributed by atoms with Gasteiger partial charge in [0.15, 0.2) is 0 Å². The highest BCUT2D eigenvalue weighted by Crippen LogP contribution is 2.20. The standard InChI is InChI=1S/C19H25N3O3S/c1-15-7-5-6-8-19(15)26(24,25)20-13-14-22(16(2)23)18-11-9-17(10-12-18)21(3)4/h5-12,20H,13-14H2,1-4H3. The Morgan fingerprint density at radius 3 is 2.12 bits per heavy atom. The first-order valence-corrected chi connectivity index (χ1v) is 9.81. The molecular formula is C19H25N3O3S. The molecule has 0 fully saturated rings. The molecule has 26 heavy (non-hydrogen) atoms. The first-order chi connectivity index (χ1) is 12.2. The third kappa shape index (κ3) is 4.83. The molecule has 0 spiro atoms. The van der Waals surface area contributed by atoms with Crippen molar-refractivity contribution in [3.63, 3.8) is 0 Å². The highest BCUT2D eigenvalue weighted by molar-refractivity contribution is 7.89. The van der Waals surface area contributed by atoms with Crippen LogP contribution in [0.25, 0.3) is 0 Å². The summed E-state index contributed by atoms with van der Waals surface area (Å²) in [5.41, 5.74) is 2.44. The number of carbonyl (C=O) groups is 1. The number of hydrogen-bond donors (Lipinski definition) is 1. The first-order valence-electron chi connectivity index (χ1n) is 8.33. The molecule has 0 aliphatic carbocycles. The maximum Gasteiger partial charge on any atom is 0.240 e. The maximum atomic E-state index is 12.4. The van der Waals surface area contributed by atoms with E-state index in [0.29, 0.717) is 5.56 Å². The highest BCUT2D eigenvalue weighted by atomic mass is 32.2. The van der Waals surface area contributed by atoms with Crippen molar-refractivity contribution in [2.45, 2.75) is 18.7 Å². The number of carbonyl (C=O) groups excluding carboxylic acids is 1. The third-order valence-corrected chi connectivity index (χ3v) is 5.69. The van der Waals surface area contributed by atoms with E-state index >= 15 is 0 Å². The largest absolute Gasteiger partial charge is 0.378 e. The lowest BCUT2D eigenvalue weighted by Gasteiger charge is -2.22. The molecule has 0 atom stereocenters. The molecule has 0 saturated heterocycles. The predicted octanol–water partition coefficient (Wildman–Crippen LogP) is 2.39. The Balaban J connectivity index is 2.07. The van der Waals surface area contributed by atoms with E-state index in [4.69, 9.17) is 0 Å². The second-order valence-corrected chi connectivity index (χ2v) is 7.98. The number of rotatable bonds is 7. The molecule has 2 aromatic carbocycles. The zero-order chi connectivity index (χ0) is 19.3. The summed E-state index contributed by atoms with van der Waals surface area (Å²) in [6.45, 7) is 3.60. The fourth-order valence-corrected chi connectivity index (χ4v) is 3.89. The van der Waals surface area contributed by atoms with Crippen molar-refractivity contribution in [1.82, 2.24) is 4.72 Å². The summed E-state index contributed by atoms with van der Waals surface area (Å²) < 4.78 is 27.5. The number of nitrogens with zero attached hydrogens (tertiary/aromatic N) is 2. The summed E-state index contributed by atoms with van der Waals surface area (Å²) in [4.78, 5) is 15.8. The van der Waals surface area contributed by atoms with E-state index in [1.54, 1.807) is 36.1 Å². The van der Waals surface area contributed by atoms with Crippen LogP contribution < -0.4 is 14.5 Å².